The van der Waals surface area contributed by atoms with Gasteiger partial charge in [-0.3, -0.25) is 4.99 Å². The van der Waals surface area contributed by atoms with Gasteiger partial charge in [-0.25, -0.2) is 0 Å². The Balaban J connectivity index is 2.75. The van der Waals surface area contributed by atoms with E-state index in [0.717, 1.165) is 0 Å². The van der Waals surface area contributed by atoms with Crippen molar-refractivity contribution in [2.45, 2.75) is 33.2 Å². The van der Waals surface area contributed by atoms with E-state index in [4.69, 9.17) is 0 Å². The quantitative estimate of drug-likeness (QED) is 0.581. The van der Waals surface area contributed by atoms with Gasteiger partial charge in [0.2, 0.25) is 0 Å². The fourth-order valence-electron chi connectivity index (χ4n) is 0.921. The van der Waals surface area contributed by atoms with Crippen molar-refractivity contribution >= 4 is 6.21 Å². The van der Waals surface area contributed by atoms with E-state index < -0.39 is 0 Å². The first-order chi connectivity index (χ1) is 5.97. The predicted molar refractivity (Wildman–Crippen MR) is 58.5 cm³/mol. The van der Waals surface area contributed by atoms with Crippen LogP contribution in [0, 0.1) is 6.92 Å². The summed E-state index contributed by atoms with van der Waals surface area (Å²) < 4.78 is 0. The molecule has 0 heterocycles. The van der Waals surface area contributed by atoms with Crippen LogP contribution in [0.15, 0.2) is 29.3 Å². The van der Waals surface area contributed by atoms with Crippen molar-refractivity contribution in [2.24, 2.45) is 4.99 Å². The number of aryl methyl sites for hydroxylation is 1. The molecule has 70 valence electrons. The van der Waals surface area contributed by atoms with Crippen LogP contribution in [0.2, 0.25) is 0 Å². The van der Waals surface area contributed by atoms with Crippen molar-refractivity contribution in [1.29, 1.82) is 0 Å². The normalized spacial score (nSPS) is 12.3. The molecule has 0 atom stereocenters. The van der Waals surface area contributed by atoms with Crippen molar-refractivity contribution in [1.82, 2.24) is 0 Å². The van der Waals surface area contributed by atoms with Crippen LogP contribution in [0.3, 0.4) is 0 Å². The fourth-order valence-corrected chi connectivity index (χ4v) is 0.921. The highest BCUT2D eigenvalue weighted by molar-refractivity contribution is 5.79. The lowest BCUT2D eigenvalue weighted by Gasteiger charge is -2.10. The molecule has 0 aromatic heterocycles. The Hall–Kier alpha value is -1.11. The largest absolute Gasteiger partial charge is 0.287 e. The molecule has 1 aromatic carbocycles. The molecule has 0 aliphatic carbocycles. The summed E-state index contributed by atoms with van der Waals surface area (Å²) in [7, 11) is 0. The lowest BCUT2D eigenvalue weighted by Crippen LogP contribution is -2.09. The van der Waals surface area contributed by atoms with Crippen LogP contribution in [0.4, 0.5) is 0 Å². The average Bonchev–Trinajstić information content (AvgIpc) is 2.02. The highest BCUT2D eigenvalue weighted by Crippen LogP contribution is 2.07. The second kappa shape index (κ2) is 3.73. The molecule has 0 fully saturated rings. The van der Waals surface area contributed by atoms with Gasteiger partial charge in [0.1, 0.15) is 0 Å². The molecular weight excluding hydrogens is 158 g/mol. The van der Waals surface area contributed by atoms with Gasteiger partial charge in [0, 0.05) is 6.21 Å². The lowest BCUT2D eigenvalue weighted by atomic mass is 10.1. The van der Waals surface area contributed by atoms with Crippen molar-refractivity contribution in [3.63, 3.8) is 0 Å². The second-order valence-electron chi connectivity index (χ2n) is 4.34. The van der Waals surface area contributed by atoms with Gasteiger partial charge in [0.25, 0.3) is 0 Å². The zero-order chi connectivity index (χ0) is 9.90. The van der Waals surface area contributed by atoms with Crippen molar-refractivity contribution < 1.29 is 0 Å². The molecule has 0 unspecified atom stereocenters. The maximum Gasteiger partial charge on any atom is 0.0524 e. The van der Waals surface area contributed by atoms with E-state index >= 15 is 0 Å². The molecule has 1 rings (SSSR count). The molecule has 13 heavy (non-hydrogen) atoms. The van der Waals surface area contributed by atoms with Crippen LogP contribution in [-0.4, -0.2) is 11.8 Å². The summed E-state index contributed by atoms with van der Waals surface area (Å²) >= 11 is 0. The third kappa shape index (κ3) is 3.88. The second-order valence-corrected chi connectivity index (χ2v) is 4.34. The number of hydrogen-bond acceptors (Lipinski definition) is 1. The zero-order valence-corrected chi connectivity index (χ0v) is 8.83. The van der Waals surface area contributed by atoms with Crippen LogP contribution < -0.4 is 0 Å². The third-order valence-corrected chi connectivity index (χ3v) is 1.68. The summed E-state index contributed by atoms with van der Waals surface area (Å²) in [6, 6.07) is 8.38. The molecule has 0 amide bonds. The summed E-state index contributed by atoms with van der Waals surface area (Å²) in [4.78, 5) is 4.43. The maximum absolute atomic E-state index is 4.43. The van der Waals surface area contributed by atoms with Gasteiger partial charge < -0.3 is 0 Å². The first-order valence-electron chi connectivity index (χ1n) is 4.59. The van der Waals surface area contributed by atoms with E-state index in [1.165, 1.54) is 11.1 Å². The van der Waals surface area contributed by atoms with E-state index in [9.17, 15) is 0 Å². The minimum Gasteiger partial charge on any atom is -0.287 e. The molecule has 1 nitrogen and oxygen atoms in total. The summed E-state index contributed by atoms with van der Waals surface area (Å²) in [5, 5.41) is 0. The van der Waals surface area contributed by atoms with E-state index in [-0.39, 0.29) is 5.54 Å². The predicted octanol–water partition coefficient (Wildman–Crippen LogP) is 3.21. The number of rotatable bonds is 1. The van der Waals surface area contributed by atoms with Crippen molar-refractivity contribution in [2.75, 3.05) is 0 Å². The van der Waals surface area contributed by atoms with Crippen LogP contribution in [0.1, 0.15) is 31.9 Å². The average molecular weight is 175 g/mol. The number of hydrogen-bond donors (Lipinski definition) is 0. The highest BCUT2D eigenvalue weighted by atomic mass is 14.8. The van der Waals surface area contributed by atoms with E-state index in [1.54, 1.807) is 0 Å². The SMILES string of the molecule is Cc1ccc(C=NC(C)(C)C)cc1. The molecule has 1 aromatic rings. The summed E-state index contributed by atoms with van der Waals surface area (Å²) in [5.41, 5.74) is 2.47. The van der Waals surface area contributed by atoms with E-state index in [2.05, 4.69) is 57.0 Å². The first kappa shape index (κ1) is 9.97. The standard InChI is InChI=1S/C12H17N/c1-10-5-7-11(8-6-10)9-13-12(2,3)4/h5-9H,1-4H3. The minimum atomic E-state index is 0.0187. The minimum absolute atomic E-state index is 0.0187. The summed E-state index contributed by atoms with van der Waals surface area (Å²) in [6.45, 7) is 8.37. The molecule has 0 N–H and O–H groups in total. The Kier molecular flexibility index (Phi) is 2.86. The maximum atomic E-state index is 4.43. The van der Waals surface area contributed by atoms with Gasteiger partial charge in [0.15, 0.2) is 0 Å². The van der Waals surface area contributed by atoms with Gasteiger partial charge in [-0.1, -0.05) is 29.8 Å². The molecule has 0 spiro atoms. The topological polar surface area (TPSA) is 12.4 Å². The van der Waals surface area contributed by atoms with Gasteiger partial charge in [0.05, 0.1) is 5.54 Å². The molecule has 0 saturated carbocycles. The highest BCUT2D eigenvalue weighted by Gasteiger charge is 2.04. The fraction of sp³-hybridized carbons (Fsp3) is 0.417. The summed E-state index contributed by atoms with van der Waals surface area (Å²) in [6.07, 6.45) is 1.93. The van der Waals surface area contributed by atoms with Gasteiger partial charge >= 0.3 is 0 Å². The van der Waals surface area contributed by atoms with Gasteiger partial charge in [-0.2, -0.15) is 0 Å². The van der Waals surface area contributed by atoms with Crippen LogP contribution in [-0.2, 0) is 0 Å². The smallest absolute Gasteiger partial charge is 0.0524 e. The Morgan fingerprint density at radius 3 is 2.08 bits per heavy atom. The summed E-state index contributed by atoms with van der Waals surface area (Å²) in [5.74, 6) is 0. The van der Waals surface area contributed by atoms with E-state index in [1.807, 2.05) is 6.21 Å². The first-order valence-corrected chi connectivity index (χ1v) is 4.59. The van der Waals surface area contributed by atoms with Crippen LogP contribution >= 0.6 is 0 Å². The molecule has 0 aliphatic rings. The monoisotopic (exact) mass is 175 g/mol. The van der Waals surface area contributed by atoms with Crippen molar-refractivity contribution in [3.8, 4) is 0 Å². The van der Waals surface area contributed by atoms with Crippen LogP contribution in [0.25, 0.3) is 0 Å². The molecule has 0 bridgehead atoms. The number of benzene rings is 1. The third-order valence-electron chi connectivity index (χ3n) is 1.68. The van der Waals surface area contributed by atoms with E-state index in [0.29, 0.717) is 0 Å². The van der Waals surface area contributed by atoms with Crippen LogP contribution in [0.5, 0.6) is 0 Å². The van der Waals surface area contributed by atoms with Gasteiger partial charge in [-0.05, 0) is 33.3 Å². The zero-order valence-electron chi connectivity index (χ0n) is 8.83. The Morgan fingerprint density at radius 2 is 1.62 bits per heavy atom. The molecule has 0 aliphatic heterocycles. The molecule has 0 saturated heterocycles. The Morgan fingerprint density at radius 1 is 1.08 bits per heavy atom. The van der Waals surface area contributed by atoms with Gasteiger partial charge in [-0.15, -0.1) is 0 Å². The van der Waals surface area contributed by atoms with Crippen molar-refractivity contribution in [3.05, 3.63) is 35.4 Å². The molecule has 0 radical (unpaired) electrons. The molecular formula is C12H17N. The number of aliphatic imine (C=N–C) groups is 1. The Bertz CT molecular complexity index is 288. The Labute approximate surface area is 80.5 Å². The number of nitrogens with zero attached hydrogens (tertiary/aromatic N) is 1. The molecule has 1 heteroatoms. The lowest BCUT2D eigenvalue weighted by molar-refractivity contribution is 0.586.